The molecule has 1 N–H and O–H groups in total. The Hall–Kier alpha value is -1.88. The molecule has 5 nitrogen and oxygen atoms in total. The quantitative estimate of drug-likeness (QED) is 0.860. The summed E-state index contributed by atoms with van der Waals surface area (Å²) in [6.45, 7) is 5.32. The monoisotopic (exact) mass is 301 g/mol. The van der Waals surface area contributed by atoms with E-state index in [1.165, 1.54) is 12.8 Å². The van der Waals surface area contributed by atoms with Crippen LogP contribution in [0.2, 0.25) is 0 Å². The number of para-hydroxylation sites is 1. The predicted octanol–water partition coefficient (Wildman–Crippen LogP) is 2.14. The number of carbonyl (C=O) groups excluding carboxylic acids is 1. The van der Waals surface area contributed by atoms with Gasteiger partial charge in [-0.15, -0.1) is 0 Å². The number of nitrogens with zero attached hydrogens (tertiary/aromatic N) is 2. The maximum Gasteiger partial charge on any atom is 0.311 e. The van der Waals surface area contributed by atoms with Crippen LogP contribution in [0.15, 0.2) is 24.3 Å². The van der Waals surface area contributed by atoms with Crippen LogP contribution in [0.3, 0.4) is 0 Å². The Morgan fingerprint density at radius 2 is 2.14 bits per heavy atom. The second-order valence-electron chi connectivity index (χ2n) is 5.82. The zero-order valence-corrected chi connectivity index (χ0v) is 13.0. The van der Waals surface area contributed by atoms with Gasteiger partial charge in [0, 0.05) is 11.9 Å². The highest BCUT2D eigenvalue weighted by atomic mass is 16.5. The minimum Gasteiger partial charge on any atom is -0.466 e. The zero-order chi connectivity index (χ0) is 15.4. The van der Waals surface area contributed by atoms with E-state index in [-0.39, 0.29) is 12.4 Å². The normalized spacial score (nSPS) is 16.0. The van der Waals surface area contributed by atoms with Gasteiger partial charge in [-0.25, -0.2) is 0 Å². The number of fused-ring (bicyclic) bond motifs is 1. The lowest BCUT2D eigenvalue weighted by Gasteiger charge is -2.22. The highest BCUT2D eigenvalue weighted by Crippen LogP contribution is 2.22. The van der Waals surface area contributed by atoms with Crippen LogP contribution in [0.1, 0.15) is 25.5 Å². The largest absolute Gasteiger partial charge is 0.466 e. The smallest absolute Gasteiger partial charge is 0.311 e. The molecule has 0 atom stereocenters. The number of hydrogen-bond donors (Lipinski definition) is 1. The lowest BCUT2D eigenvalue weighted by Crippen LogP contribution is -2.30. The molecule has 1 aliphatic heterocycles. The topological polar surface area (TPSA) is 56.1 Å². The molecule has 1 aromatic carbocycles. The van der Waals surface area contributed by atoms with Crippen molar-refractivity contribution < 1.29 is 9.53 Å². The van der Waals surface area contributed by atoms with Crippen LogP contribution in [-0.4, -0.2) is 35.4 Å². The first-order valence-electron chi connectivity index (χ1n) is 8.08. The first-order chi connectivity index (χ1) is 10.8. The molecule has 1 aliphatic rings. The summed E-state index contributed by atoms with van der Waals surface area (Å²) in [4.78, 5) is 11.8. The van der Waals surface area contributed by atoms with E-state index in [1.54, 1.807) is 0 Å². The van der Waals surface area contributed by atoms with Gasteiger partial charge in [0.05, 0.1) is 24.2 Å². The van der Waals surface area contributed by atoms with Gasteiger partial charge >= 0.3 is 5.97 Å². The molecule has 5 heteroatoms. The predicted molar refractivity (Wildman–Crippen MR) is 85.7 cm³/mol. The van der Waals surface area contributed by atoms with E-state index in [1.807, 2.05) is 25.1 Å². The van der Waals surface area contributed by atoms with Gasteiger partial charge in [0.1, 0.15) is 0 Å². The average molecular weight is 301 g/mol. The van der Waals surface area contributed by atoms with Gasteiger partial charge < -0.3 is 10.1 Å². The molecule has 1 aromatic heterocycles. The molecule has 118 valence electrons. The number of esters is 1. The summed E-state index contributed by atoms with van der Waals surface area (Å²) in [5.41, 5.74) is 1.93. The molecule has 0 aliphatic carbocycles. The van der Waals surface area contributed by atoms with Gasteiger partial charge in [0.25, 0.3) is 0 Å². The Morgan fingerprint density at radius 1 is 1.36 bits per heavy atom. The van der Waals surface area contributed by atoms with Crippen molar-refractivity contribution in [2.45, 2.75) is 32.7 Å². The SMILES string of the molecule is CCOC(=O)Cc1nn(CC2CCNCC2)c2ccccc12. The summed E-state index contributed by atoms with van der Waals surface area (Å²) < 4.78 is 7.13. The molecule has 1 saturated heterocycles. The number of piperidine rings is 1. The van der Waals surface area contributed by atoms with E-state index < -0.39 is 0 Å². The van der Waals surface area contributed by atoms with Crippen LogP contribution in [0, 0.1) is 5.92 Å². The molecule has 1 fully saturated rings. The van der Waals surface area contributed by atoms with Crippen LogP contribution >= 0.6 is 0 Å². The van der Waals surface area contributed by atoms with E-state index in [0.717, 1.165) is 36.2 Å². The Morgan fingerprint density at radius 3 is 2.91 bits per heavy atom. The van der Waals surface area contributed by atoms with Crippen molar-refractivity contribution in [2.75, 3.05) is 19.7 Å². The van der Waals surface area contributed by atoms with E-state index in [2.05, 4.69) is 16.1 Å². The summed E-state index contributed by atoms with van der Waals surface area (Å²) in [5.74, 6) is 0.444. The van der Waals surface area contributed by atoms with Crippen LogP contribution in [-0.2, 0) is 22.5 Å². The highest BCUT2D eigenvalue weighted by molar-refractivity contribution is 5.86. The van der Waals surface area contributed by atoms with Gasteiger partial charge in [0.15, 0.2) is 0 Å². The molecule has 0 spiro atoms. The summed E-state index contributed by atoms with van der Waals surface area (Å²) in [6, 6.07) is 8.14. The molecule has 3 rings (SSSR count). The molecular formula is C17H23N3O2. The lowest BCUT2D eigenvalue weighted by atomic mass is 9.98. The van der Waals surface area contributed by atoms with Crippen molar-refractivity contribution >= 4 is 16.9 Å². The molecule has 0 unspecified atom stereocenters. The minimum absolute atomic E-state index is 0.209. The van der Waals surface area contributed by atoms with Gasteiger partial charge in [-0.05, 0) is 44.8 Å². The second kappa shape index (κ2) is 6.92. The van der Waals surface area contributed by atoms with Crippen LogP contribution < -0.4 is 5.32 Å². The maximum atomic E-state index is 11.8. The van der Waals surface area contributed by atoms with Gasteiger partial charge in [-0.3, -0.25) is 9.48 Å². The molecule has 0 amide bonds. The van der Waals surface area contributed by atoms with Crippen LogP contribution in [0.25, 0.3) is 10.9 Å². The van der Waals surface area contributed by atoms with Crippen molar-refractivity contribution in [3.63, 3.8) is 0 Å². The summed E-state index contributed by atoms with van der Waals surface area (Å²) in [6.07, 6.45) is 2.61. The first kappa shape index (κ1) is 15.0. The van der Waals surface area contributed by atoms with Crippen molar-refractivity contribution in [2.24, 2.45) is 5.92 Å². The number of ether oxygens (including phenoxy) is 1. The molecule has 2 heterocycles. The maximum absolute atomic E-state index is 11.8. The van der Waals surface area contributed by atoms with Gasteiger partial charge in [-0.2, -0.15) is 5.10 Å². The average Bonchev–Trinajstić information content (AvgIpc) is 2.87. The molecule has 22 heavy (non-hydrogen) atoms. The van der Waals surface area contributed by atoms with Crippen molar-refractivity contribution in [1.29, 1.82) is 0 Å². The fourth-order valence-electron chi connectivity index (χ4n) is 3.12. The number of carbonyl (C=O) groups is 1. The second-order valence-corrected chi connectivity index (χ2v) is 5.82. The van der Waals surface area contributed by atoms with Gasteiger partial charge in [0.2, 0.25) is 0 Å². The minimum atomic E-state index is -0.209. The Labute approximate surface area is 130 Å². The fraction of sp³-hybridized carbons (Fsp3) is 0.529. The molecular weight excluding hydrogens is 278 g/mol. The lowest BCUT2D eigenvalue weighted by molar-refractivity contribution is -0.142. The molecule has 0 bridgehead atoms. The number of benzene rings is 1. The summed E-state index contributed by atoms with van der Waals surface area (Å²) in [5, 5.41) is 9.15. The van der Waals surface area contributed by atoms with E-state index >= 15 is 0 Å². The number of nitrogens with one attached hydrogen (secondary N) is 1. The number of hydrogen-bond acceptors (Lipinski definition) is 4. The Bertz CT molecular complexity index is 644. The molecule has 0 saturated carbocycles. The zero-order valence-electron chi connectivity index (χ0n) is 13.0. The van der Waals surface area contributed by atoms with Gasteiger partial charge in [-0.1, -0.05) is 18.2 Å². The van der Waals surface area contributed by atoms with E-state index in [4.69, 9.17) is 9.84 Å². The van der Waals surface area contributed by atoms with E-state index in [0.29, 0.717) is 12.5 Å². The summed E-state index contributed by atoms with van der Waals surface area (Å²) in [7, 11) is 0. The molecule has 0 radical (unpaired) electrons. The standard InChI is InChI=1S/C17H23N3O2/c1-2-22-17(21)11-15-14-5-3-4-6-16(14)20(19-15)12-13-7-9-18-10-8-13/h3-6,13,18H,2,7-12H2,1H3. The summed E-state index contributed by atoms with van der Waals surface area (Å²) >= 11 is 0. The van der Waals surface area contributed by atoms with Crippen molar-refractivity contribution in [1.82, 2.24) is 15.1 Å². The molecule has 2 aromatic rings. The first-order valence-corrected chi connectivity index (χ1v) is 8.08. The van der Waals surface area contributed by atoms with Crippen molar-refractivity contribution in [3.8, 4) is 0 Å². The van der Waals surface area contributed by atoms with Crippen molar-refractivity contribution in [3.05, 3.63) is 30.0 Å². The third-order valence-electron chi connectivity index (χ3n) is 4.24. The Balaban J connectivity index is 1.84. The number of rotatable bonds is 5. The third-order valence-corrected chi connectivity index (χ3v) is 4.24. The van der Waals surface area contributed by atoms with Crippen LogP contribution in [0.4, 0.5) is 0 Å². The fourth-order valence-corrected chi connectivity index (χ4v) is 3.12. The van der Waals surface area contributed by atoms with E-state index in [9.17, 15) is 4.79 Å². The third kappa shape index (κ3) is 3.30. The number of aromatic nitrogens is 2. The highest BCUT2D eigenvalue weighted by Gasteiger charge is 2.18. The van der Waals surface area contributed by atoms with Crippen LogP contribution in [0.5, 0.6) is 0 Å². The Kier molecular flexibility index (Phi) is 4.73.